The third kappa shape index (κ3) is 4.45. The Bertz CT molecular complexity index is 2090. The monoisotopic (exact) mass is 724 g/mol. The number of fused-ring (bicyclic) bond motifs is 4. The Balaban J connectivity index is 0.00000316. The van der Waals surface area contributed by atoms with Crippen LogP contribution in [0.4, 0.5) is 17.1 Å². The molecule has 7 nitrogen and oxygen atoms in total. The van der Waals surface area contributed by atoms with Gasteiger partial charge in [0.1, 0.15) is 5.82 Å². The van der Waals surface area contributed by atoms with Crippen molar-refractivity contribution in [1.82, 2.24) is 9.55 Å². The van der Waals surface area contributed by atoms with Crippen LogP contribution in [0, 0.1) is 48.4 Å². The maximum atomic E-state index is 10.2. The van der Waals surface area contributed by atoms with E-state index in [1.54, 1.807) is 24.4 Å². The Morgan fingerprint density at radius 1 is 0.881 bits per heavy atom. The molecule has 6 aromatic rings. The van der Waals surface area contributed by atoms with Gasteiger partial charge in [-0.05, 0) is 72.9 Å². The fraction of sp³-hybridized carbons (Fsp3) is 0.0588. The summed E-state index contributed by atoms with van der Waals surface area (Å²) >= 11 is 0. The maximum Gasteiger partial charge on any atom is 0.135 e. The summed E-state index contributed by atoms with van der Waals surface area (Å²) in [4.78, 5) is 8.73. The predicted octanol–water partition coefficient (Wildman–Crippen LogP) is 7.33. The van der Waals surface area contributed by atoms with Gasteiger partial charge in [-0.15, -0.1) is 36.0 Å². The molecule has 0 aliphatic carbocycles. The molecule has 0 radical (unpaired) electrons. The molecule has 7 rings (SSSR count). The molecule has 1 aliphatic heterocycles. The average molecular weight is 725 g/mol. The molecule has 0 N–H and O–H groups in total. The molecule has 0 saturated carbocycles. The van der Waals surface area contributed by atoms with Gasteiger partial charge in [-0.3, -0.25) is 0 Å². The maximum absolute atomic E-state index is 10.2. The van der Waals surface area contributed by atoms with E-state index < -0.39 is 0 Å². The zero-order valence-corrected chi connectivity index (χ0v) is 24.8. The molecule has 0 atom stereocenters. The first-order valence-electron chi connectivity index (χ1n) is 13.0. The number of rotatable bonds is 4. The number of ether oxygens (including phenoxy) is 1. The molecule has 0 fully saturated rings. The summed E-state index contributed by atoms with van der Waals surface area (Å²) < 4.78 is 8.25. The van der Waals surface area contributed by atoms with Gasteiger partial charge in [0.15, 0.2) is 0 Å². The summed E-state index contributed by atoms with van der Waals surface area (Å²) in [6, 6.07) is 36.2. The third-order valence-electron chi connectivity index (χ3n) is 7.18. The smallest absolute Gasteiger partial charge is 0.135 e. The van der Waals surface area contributed by atoms with Gasteiger partial charge < -0.3 is 19.1 Å². The molecule has 42 heavy (non-hydrogen) atoms. The van der Waals surface area contributed by atoms with Crippen LogP contribution in [-0.4, -0.2) is 16.6 Å². The van der Waals surface area contributed by atoms with Crippen LogP contribution >= 0.6 is 0 Å². The fourth-order valence-corrected chi connectivity index (χ4v) is 5.34. The van der Waals surface area contributed by atoms with Crippen molar-refractivity contribution in [2.75, 3.05) is 16.8 Å². The van der Waals surface area contributed by atoms with E-state index in [-0.39, 0.29) is 21.1 Å². The van der Waals surface area contributed by atoms with Crippen molar-refractivity contribution in [3.63, 3.8) is 0 Å². The Hall–Kier alpha value is -5.10. The molecule has 0 amide bonds. The Morgan fingerprint density at radius 2 is 1.71 bits per heavy atom. The first kappa shape index (κ1) is 27.1. The van der Waals surface area contributed by atoms with Gasteiger partial charge in [0.25, 0.3) is 0 Å². The summed E-state index contributed by atoms with van der Waals surface area (Å²) in [6.07, 6.45) is 1.75. The minimum Gasteiger partial charge on any atom is -0.509 e. The molecular formula is C34H21N6OPt-3. The second kappa shape index (κ2) is 10.7. The molecule has 1 aliphatic rings. The molecule has 0 unspecified atom stereocenters. The van der Waals surface area contributed by atoms with E-state index >= 15 is 0 Å². The molecule has 206 valence electrons. The van der Waals surface area contributed by atoms with E-state index in [9.17, 15) is 10.5 Å². The number of pyridine rings is 1. The van der Waals surface area contributed by atoms with Gasteiger partial charge >= 0.3 is 0 Å². The Morgan fingerprint density at radius 3 is 2.50 bits per heavy atom. The van der Waals surface area contributed by atoms with Gasteiger partial charge in [0.2, 0.25) is 0 Å². The van der Waals surface area contributed by atoms with E-state index in [1.807, 2.05) is 73.7 Å². The fourth-order valence-electron chi connectivity index (χ4n) is 5.34. The average Bonchev–Trinajstić information content (AvgIpc) is 3.51. The molecule has 8 heteroatoms. The van der Waals surface area contributed by atoms with Gasteiger partial charge in [0, 0.05) is 55.7 Å². The van der Waals surface area contributed by atoms with Crippen LogP contribution in [0.25, 0.3) is 27.6 Å². The quantitative estimate of drug-likeness (QED) is 0.177. The first-order chi connectivity index (χ1) is 20.0. The zero-order valence-electron chi connectivity index (χ0n) is 22.6. The summed E-state index contributed by atoms with van der Waals surface area (Å²) in [5.74, 6) is 1.56. The molecule has 3 heterocycles. The van der Waals surface area contributed by atoms with E-state index in [0.29, 0.717) is 39.3 Å². The number of hydrogen-bond acceptors (Lipinski definition) is 6. The van der Waals surface area contributed by atoms with Crippen LogP contribution in [0.2, 0.25) is 0 Å². The normalized spacial score (nSPS) is 12.1. The Labute approximate surface area is 257 Å². The van der Waals surface area contributed by atoms with Crippen LogP contribution < -0.4 is 14.5 Å². The standard InChI is InChI=1S/C34H21N6O.Pt/c1-22-12-13-37-33(14-22)40-29-11-10-23(19-35)15-28(29)34-24(20-36)16-27(18-32(34)40)41-26-7-5-6-25(17-26)39-21-38(2)30-8-3-4-9-31(30)39;/h3-16,21H,1-2H3;/q-3;. The van der Waals surface area contributed by atoms with Crippen LogP contribution in [-0.2, 0) is 21.1 Å². The van der Waals surface area contributed by atoms with Crippen molar-refractivity contribution in [1.29, 1.82) is 10.5 Å². The molecule has 2 aromatic heterocycles. The van der Waals surface area contributed by atoms with E-state index in [1.165, 1.54) is 0 Å². The number of hydrogen-bond donors (Lipinski definition) is 0. The van der Waals surface area contributed by atoms with Gasteiger partial charge in [0.05, 0.1) is 17.7 Å². The summed E-state index contributed by atoms with van der Waals surface area (Å²) in [6.45, 7) is 4.01. The van der Waals surface area contributed by atoms with E-state index in [4.69, 9.17) is 4.74 Å². The Kier molecular flexibility index (Phi) is 6.91. The van der Waals surface area contributed by atoms with Crippen molar-refractivity contribution >= 4 is 38.9 Å². The van der Waals surface area contributed by atoms with Crippen molar-refractivity contribution in [2.45, 2.75) is 6.92 Å². The molecule has 0 bridgehead atoms. The van der Waals surface area contributed by atoms with Crippen molar-refractivity contribution in [2.24, 2.45) is 0 Å². The first-order valence-corrected chi connectivity index (χ1v) is 13.0. The zero-order chi connectivity index (χ0) is 28.1. The topological polar surface area (TPSA) is 81.1 Å². The van der Waals surface area contributed by atoms with Gasteiger partial charge in [-0.25, -0.2) is 4.98 Å². The van der Waals surface area contributed by atoms with Crippen LogP contribution in [0.3, 0.4) is 0 Å². The number of aromatic nitrogens is 2. The minimum absolute atomic E-state index is 0. The minimum atomic E-state index is 0. The van der Waals surface area contributed by atoms with Crippen molar-refractivity contribution in [3.8, 4) is 29.5 Å². The predicted molar refractivity (Wildman–Crippen MR) is 158 cm³/mol. The van der Waals surface area contributed by atoms with E-state index in [0.717, 1.165) is 33.5 Å². The second-order valence-electron chi connectivity index (χ2n) is 9.84. The number of aryl methyl sites for hydroxylation is 1. The molecule has 0 spiro atoms. The van der Waals surface area contributed by atoms with Crippen LogP contribution in [0.15, 0.2) is 85.1 Å². The van der Waals surface area contributed by atoms with Crippen LogP contribution in [0.1, 0.15) is 16.7 Å². The second-order valence-corrected chi connectivity index (χ2v) is 9.84. The summed E-state index contributed by atoms with van der Waals surface area (Å²) in [5, 5.41) is 21.2. The molecule has 0 saturated heterocycles. The van der Waals surface area contributed by atoms with Crippen molar-refractivity contribution in [3.05, 3.63) is 121 Å². The third-order valence-corrected chi connectivity index (χ3v) is 7.18. The molecular weight excluding hydrogens is 703 g/mol. The number of nitrogens with zero attached hydrogens (tertiary/aromatic N) is 6. The number of nitriles is 2. The van der Waals surface area contributed by atoms with Crippen molar-refractivity contribution < 1.29 is 25.8 Å². The number of anilines is 3. The van der Waals surface area contributed by atoms with Gasteiger partial charge in [-0.1, -0.05) is 23.0 Å². The van der Waals surface area contributed by atoms with E-state index in [2.05, 4.69) is 51.2 Å². The summed E-state index contributed by atoms with van der Waals surface area (Å²) in [5.41, 5.74) is 6.41. The summed E-state index contributed by atoms with van der Waals surface area (Å²) in [7, 11) is 2.01. The van der Waals surface area contributed by atoms with Crippen LogP contribution in [0.5, 0.6) is 11.5 Å². The molecule has 4 aromatic carbocycles. The number of benzene rings is 4. The van der Waals surface area contributed by atoms with Gasteiger partial charge in [-0.2, -0.15) is 23.3 Å². The SMILES string of the molecule is Cc1ccnc(-n2c3[c-]c(Oc4[c-]c(N5[CH-]N(C)c6ccccc65)ccc4)cc(C#N)c3c3cc(C#N)ccc32)c1.[Pt]. The number of para-hydroxylation sites is 2. The largest absolute Gasteiger partial charge is 0.509 e.